The highest BCUT2D eigenvalue weighted by molar-refractivity contribution is 9.11. The van der Waals surface area contributed by atoms with Crippen molar-refractivity contribution >= 4 is 42.6 Å². The van der Waals surface area contributed by atoms with E-state index in [0.29, 0.717) is 5.88 Å². The topological polar surface area (TPSA) is 22.1 Å². The van der Waals surface area contributed by atoms with Gasteiger partial charge in [-0.15, -0.1) is 0 Å². The molecule has 1 aromatic heterocycles. The summed E-state index contributed by atoms with van der Waals surface area (Å²) in [6, 6.07) is 16.0. The first-order valence-corrected chi connectivity index (χ1v) is 7.29. The SMILES string of the molecule is Brc1cnc(Oc2cccc3ccccc23)c(Br)c1. The van der Waals surface area contributed by atoms with Crippen molar-refractivity contribution in [3.63, 3.8) is 0 Å². The molecule has 2 aromatic carbocycles. The lowest BCUT2D eigenvalue weighted by Crippen LogP contribution is -1.90. The molecule has 0 bridgehead atoms. The van der Waals surface area contributed by atoms with Gasteiger partial charge in [0.05, 0.1) is 4.47 Å². The molecule has 0 spiro atoms. The Morgan fingerprint density at radius 2 is 1.74 bits per heavy atom. The van der Waals surface area contributed by atoms with Crippen LogP contribution in [0.2, 0.25) is 0 Å². The Labute approximate surface area is 127 Å². The van der Waals surface area contributed by atoms with Crippen LogP contribution in [0.5, 0.6) is 11.6 Å². The van der Waals surface area contributed by atoms with Gasteiger partial charge in [0.25, 0.3) is 0 Å². The van der Waals surface area contributed by atoms with E-state index in [2.05, 4.69) is 49.0 Å². The number of hydrogen-bond donors (Lipinski definition) is 0. The van der Waals surface area contributed by atoms with Gasteiger partial charge in [0.1, 0.15) is 5.75 Å². The molecule has 0 saturated carbocycles. The summed E-state index contributed by atoms with van der Waals surface area (Å²) in [4.78, 5) is 4.26. The van der Waals surface area contributed by atoms with Gasteiger partial charge in [-0.25, -0.2) is 4.98 Å². The molecular formula is C15H9Br2NO. The van der Waals surface area contributed by atoms with Crippen LogP contribution in [-0.2, 0) is 0 Å². The van der Waals surface area contributed by atoms with E-state index >= 15 is 0 Å². The Balaban J connectivity index is 2.06. The molecule has 0 unspecified atom stereocenters. The zero-order chi connectivity index (χ0) is 13.2. The van der Waals surface area contributed by atoms with E-state index in [1.165, 1.54) is 0 Å². The molecule has 0 N–H and O–H groups in total. The highest BCUT2D eigenvalue weighted by Crippen LogP contribution is 2.33. The predicted molar refractivity (Wildman–Crippen MR) is 83.7 cm³/mol. The van der Waals surface area contributed by atoms with Gasteiger partial charge in [0.15, 0.2) is 0 Å². The molecule has 0 aliphatic carbocycles. The van der Waals surface area contributed by atoms with Crippen LogP contribution in [-0.4, -0.2) is 4.98 Å². The molecular weight excluding hydrogens is 370 g/mol. The Morgan fingerprint density at radius 1 is 0.947 bits per heavy atom. The fraction of sp³-hybridized carbons (Fsp3) is 0. The minimum atomic E-state index is 0.555. The van der Waals surface area contributed by atoms with Crippen molar-refractivity contribution in [3.05, 3.63) is 63.7 Å². The number of pyridine rings is 1. The molecule has 3 rings (SSSR count). The molecule has 94 valence electrons. The average Bonchev–Trinajstić information content (AvgIpc) is 2.42. The van der Waals surface area contributed by atoms with Crippen LogP contribution < -0.4 is 4.74 Å². The van der Waals surface area contributed by atoms with E-state index in [9.17, 15) is 0 Å². The molecule has 4 heteroatoms. The second-order valence-corrected chi connectivity index (χ2v) is 5.79. The Hall–Kier alpha value is -1.39. The second-order valence-electron chi connectivity index (χ2n) is 4.02. The summed E-state index contributed by atoms with van der Waals surface area (Å²) in [6.45, 7) is 0. The first-order chi connectivity index (χ1) is 9.24. The number of hydrogen-bond acceptors (Lipinski definition) is 2. The second kappa shape index (κ2) is 5.31. The molecule has 0 amide bonds. The van der Waals surface area contributed by atoms with Crippen LogP contribution in [0.25, 0.3) is 10.8 Å². The van der Waals surface area contributed by atoms with Gasteiger partial charge >= 0.3 is 0 Å². The van der Waals surface area contributed by atoms with E-state index in [4.69, 9.17) is 4.74 Å². The van der Waals surface area contributed by atoms with Crippen molar-refractivity contribution in [2.24, 2.45) is 0 Å². The molecule has 3 aromatic rings. The lowest BCUT2D eigenvalue weighted by Gasteiger charge is -2.09. The molecule has 0 radical (unpaired) electrons. The average molecular weight is 379 g/mol. The van der Waals surface area contributed by atoms with Gasteiger partial charge in [-0.3, -0.25) is 0 Å². The number of rotatable bonds is 2. The quantitative estimate of drug-likeness (QED) is 0.583. The predicted octanol–water partition coefficient (Wildman–Crippen LogP) is 5.55. The Bertz CT molecular complexity index is 738. The van der Waals surface area contributed by atoms with Gasteiger partial charge in [-0.1, -0.05) is 36.4 Å². The van der Waals surface area contributed by atoms with Crippen molar-refractivity contribution in [1.29, 1.82) is 0 Å². The number of ether oxygens (including phenoxy) is 1. The van der Waals surface area contributed by atoms with Crippen LogP contribution in [0.4, 0.5) is 0 Å². The van der Waals surface area contributed by atoms with Crippen molar-refractivity contribution in [1.82, 2.24) is 4.98 Å². The van der Waals surface area contributed by atoms with Crippen LogP contribution in [0.15, 0.2) is 63.7 Å². The summed E-state index contributed by atoms with van der Waals surface area (Å²) in [5.74, 6) is 1.35. The summed E-state index contributed by atoms with van der Waals surface area (Å²) in [5.41, 5.74) is 0. The van der Waals surface area contributed by atoms with Crippen LogP contribution in [0.1, 0.15) is 0 Å². The standard InChI is InChI=1S/C15H9Br2NO/c16-11-8-13(17)15(18-9-11)19-14-7-3-5-10-4-1-2-6-12(10)14/h1-9H. The highest BCUT2D eigenvalue weighted by Gasteiger charge is 2.07. The zero-order valence-corrected chi connectivity index (χ0v) is 13.0. The summed E-state index contributed by atoms with van der Waals surface area (Å²) in [6.07, 6.45) is 1.71. The Morgan fingerprint density at radius 3 is 2.58 bits per heavy atom. The van der Waals surface area contributed by atoms with E-state index in [1.807, 2.05) is 36.4 Å². The maximum Gasteiger partial charge on any atom is 0.233 e. The van der Waals surface area contributed by atoms with Gasteiger partial charge in [0, 0.05) is 16.1 Å². The molecule has 0 saturated heterocycles. The number of benzene rings is 2. The smallest absolute Gasteiger partial charge is 0.233 e. The molecule has 0 fully saturated rings. The number of nitrogens with zero attached hydrogens (tertiary/aromatic N) is 1. The third-order valence-corrected chi connectivity index (χ3v) is 3.73. The third kappa shape index (κ3) is 2.65. The van der Waals surface area contributed by atoms with Gasteiger partial charge in [0.2, 0.25) is 5.88 Å². The van der Waals surface area contributed by atoms with Gasteiger partial charge in [-0.05, 0) is 49.4 Å². The van der Waals surface area contributed by atoms with E-state index < -0.39 is 0 Å². The van der Waals surface area contributed by atoms with Crippen LogP contribution in [0, 0.1) is 0 Å². The molecule has 2 nitrogen and oxygen atoms in total. The number of fused-ring (bicyclic) bond motifs is 1. The minimum absolute atomic E-state index is 0.555. The first kappa shape index (κ1) is 12.6. The van der Waals surface area contributed by atoms with Crippen LogP contribution in [0.3, 0.4) is 0 Å². The lowest BCUT2D eigenvalue weighted by atomic mass is 10.1. The summed E-state index contributed by atoms with van der Waals surface area (Å²) >= 11 is 6.82. The molecule has 0 aliphatic rings. The molecule has 1 heterocycles. The van der Waals surface area contributed by atoms with Crippen molar-refractivity contribution in [2.75, 3.05) is 0 Å². The maximum atomic E-state index is 5.90. The van der Waals surface area contributed by atoms with Crippen LogP contribution >= 0.6 is 31.9 Å². The monoisotopic (exact) mass is 377 g/mol. The van der Waals surface area contributed by atoms with E-state index in [1.54, 1.807) is 6.20 Å². The van der Waals surface area contributed by atoms with Crippen molar-refractivity contribution in [2.45, 2.75) is 0 Å². The third-order valence-electron chi connectivity index (χ3n) is 2.73. The fourth-order valence-corrected chi connectivity index (χ4v) is 2.93. The maximum absolute atomic E-state index is 5.90. The van der Waals surface area contributed by atoms with Crippen molar-refractivity contribution < 1.29 is 4.74 Å². The summed E-state index contributed by atoms with van der Waals surface area (Å²) in [7, 11) is 0. The minimum Gasteiger partial charge on any atom is -0.437 e. The highest BCUT2D eigenvalue weighted by atomic mass is 79.9. The molecule has 0 aliphatic heterocycles. The number of halogens is 2. The summed E-state index contributed by atoms with van der Waals surface area (Å²) in [5, 5.41) is 2.22. The lowest BCUT2D eigenvalue weighted by molar-refractivity contribution is 0.464. The van der Waals surface area contributed by atoms with Crippen molar-refractivity contribution in [3.8, 4) is 11.6 Å². The largest absolute Gasteiger partial charge is 0.437 e. The normalized spacial score (nSPS) is 10.6. The summed E-state index contributed by atoms with van der Waals surface area (Å²) < 4.78 is 7.62. The van der Waals surface area contributed by atoms with E-state index in [-0.39, 0.29) is 0 Å². The van der Waals surface area contributed by atoms with Gasteiger partial charge < -0.3 is 4.74 Å². The first-order valence-electron chi connectivity index (χ1n) is 5.71. The van der Waals surface area contributed by atoms with Gasteiger partial charge in [-0.2, -0.15) is 0 Å². The molecule has 19 heavy (non-hydrogen) atoms. The molecule has 0 atom stereocenters. The fourth-order valence-electron chi connectivity index (χ4n) is 1.87. The van der Waals surface area contributed by atoms with E-state index in [0.717, 1.165) is 25.5 Å². The Kier molecular flexibility index (Phi) is 3.53. The number of aromatic nitrogens is 1. The zero-order valence-electron chi connectivity index (χ0n) is 9.81.